The molecule has 3 amide bonds. The molecule has 5 N–H and O–H groups in total. The van der Waals surface area contributed by atoms with E-state index in [0.717, 1.165) is 0 Å². The zero-order valence-electron chi connectivity index (χ0n) is 12.7. The number of nitrogens with two attached hydrogens (primary N) is 2. The standard InChI is InChI=1S/C15H20N4O3/c1-3-19(15(2)8-7-11(20)18-14(15)22)13(21)12-9(16)5-4-6-10(12)17/h4-6H,3,7-8,16-17H2,1-2H3,(H,18,20,22). The smallest absolute Gasteiger partial charge is 0.258 e. The van der Waals surface area contributed by atoms with E-state index in [0.29, 0.717) is 6.54 Å². The summed E-state index contributed by atoms with van der Waals surface area (Å²) in [5, 5.41) is 2.29. The van der Waals surface area contributed by atoms with Crippen molar-refractivity contribution >= 4 is 29.1 Å². The second-order valence-electron chi connectivity index (χ2n) is 5.51. The summed E-state index contributed by atoms with van der Waals surface area (Å²) in [7, 11) is 0. The lowest BCUT2D eigenvalue weighted by Gasteiger charge is -2.41. The molecule has 2 rings (SSSR count). The van der Waals surface area contributed by atoms with Crippen LogP contribution in [0.25, 0.3) is 0 Å². The molecule has 1 saturated heterocycles. The third-order valence-corrected chi connectivity index (χ3v) is 4.08. The number of amides is 3. The normalized spacial score (nSPS) is 21.4. The predicted molar refractivity (Wildman–Crippen MR) is 82.8 cm³/mol. The van der Waals surface area contributed by atoms with E-state index in [4.69, 9.17) is 11.5 Å². The molecule has 22 heavy (non-hydrogen) atoms. The zero-order chi connectivity index (χ0) is 16.5. The fraction of sp³-hybridized carbons (Fsp3) is 0.400. The van der Waals surface area contributed by atoms with Crippen molar-refractivity contribution in [3.05, 3.63) is 23.8 Å². The Morgan fingerprint density at radius 2 is 1.91 bits per heavy atom. The molecule has 1 heterocycles. The van der Waals surface area contributed by atoms with Crippen LogP contribution in [0.2, 0.25) is 0 Å². The SMILES string of the molecule is CCN(C(=O)c1c(N)cccc1N)C1(C)CCC(=O)NC1=O. The van der Waals surface area contributed by atoms with Crippen LogP contribution in [0, 0.1) is 0 Å². The minimum Gasteiger partial charge on any atom is -0.398 e. The summed E-state index contributed by atoms with van der Waals surface area (Å²) in [5.41, 5.74) is 11.3. The number of anilines is 2. The number of benzene rings is 1. The molecule has 0 aromatic heterocycles. The average Bonchev–Trinajstić information content (AvgIpc) is 2.44. The van der Waals surface area contributed by atoms with Crippen molar-refractivity contribution in [2.45, 2.75) is 32.2 Å². The highest BCUT2D eigenvalue weighted by molar-refractivity contribution is 6.09. The first kappa shape index (κ1) is 15.8. The zero-order valence-corrected chi connectivity index (χ0v) is 12.7. The van der Waals surface area contributed by atoms with Crippen LogP contribution in [-0.4, -0.2) is 34.7 Å². The number of piperidine rings is 1. The summed E-state index contributed by atoms with van der Waals surface area (Å²) in [6, 6.07) is 4.83. The van der Waals surface area contributed by atoms with Gasteiger partial charge in [-0.3, -0.25) is 19.7 Å². The van der Waals surface area contributed by atoms with Crippen LogP contribution in [0.3, 0.4) is 0 Å². The van der Waals surface area contributed by atoms with Gasteiger partial charge in [-0.2, -0.15) is 0 Å². The average molecular weight is 304 g/mol. The molecule has 0 saturated carbocycles. The second-order valence-corrected chi connectivity index (χ2v) is 5.51. The van der Waals surface area contributed by atoms with Gasteiger partial charge in [-0.25, -0.2) is 0 Å². The van der Waals surface area contributed by atoms with Gasteiger partial charge in [0.25, 0.3) is 11.8 Å². The van der Waals surface area contributed by atoms with Crippen molar-refractivity contribution in [1.82, 2.24) is 10.2 Å². The third-order valence-electron chi connectivity index (χ3n) is 4.08. The molecule has 0 aliphatic carbocycles. The van der Waals surface area contributed by atoms with Crippen LogP contribution in [0.1, 0.15) is 37.0 Å². The van der Waals surface area contributed by atoms with Gasteiger partial charge in [0.1, 0.15) is 5.54 Å². The van der Waals surface area contributed by atoms with Crippen molar-refractivity contribution in [2.24, 2.45) is 0 Å². The quantitative estimate of drug-likeness (QED) is 0.555. The number of nitrogens with one attached hydrogen (secondary N) is 1. The number of carbonyl (C=O) groups excluding carboxylic acids is 3. The Bertz CT molecular complexity index is 623. The molecular weight excluding hydrogens is 284 g/mol. The van der Waals surface area contributed by atoms with E-state index >= 15 is 0 Å². The summed E-state index contributed by atoms with van der Waals surface area (Å²) in [6.07, 6.45) is 0.454. The van der Waals surface area contributed by atoms with Gasteiger partial charge in [-0.15, -0.1) is 0 Å². The first-order valence-corrected chi connectivity index (χ1v) is 7.11. The largest absolute Gasteiger partial charge is 0.398 e. The van der Waals surface area contributed by atoms with Crippen molar-refractivity contribution in [3.63, 3.8) is 0 Å². The number of nitrogens with zero attached hydrogens (tertiary/aromatic N) is 1. The molecule has 1 aliphatic heterocycles. The molecule has 118 valence electrons. The monoisotopic (exact) mass is 304 g/mol. The van der Waals surface area contributed by atoms with Crippen molar-refractivity contribution in [3.8, 4) is 0 Å². The Morgan fingerprint density at radius 3 is 2.41 bits per heavy atom. The Morgan fingerprint density at radius 1 is 1.32 bits per heavy atom. The second kappa shape index (κ2) is 5.67. The third kappa shape index (κ3) is 2.49. The first-order chi connectivity index (χ1) is 10.3. The maximum absolute atomic E-state index is 12.9. The lowest BCUT2D eigenvalue weighted by atomic mass is 9.88. The summed E-state index contributed by atoms with van der Waals surface area (Å²) >= 11 is 0. The predicted octanol–water partition coefficient (Wildman–Crippen LogP) is 0.508. The number of hydrogen-bond acceptors (Lipinski definition) is 5. The summed E-state index contributed by atoms with van der Waals surface area (Å²) < 4.78 is 0. The minimum atomic E-state index is -1.10. The number of likely N-dealkylation sites (N-methyl/N-ethyl adjacent to an activating group) is 1. The van der Waals surface area contributed by atoms with E-state index in [1.54, 1.807) is 32.0 Å². The van der Waals surface area contributed by atoms with E-state index < -0.39 is 17.4 Å². The highest BCUT2D eigenvalue weighted by Crippen LogP contribution is 2.29. The molecule has 0 bridgehead atoms. The van der Waals surface area contributed by atoms with Gasteiger partial charge < -0.3 is 16.4 Å². The van der Waals surface area contributed by atoms with E-state index in [-0.39, 0.29) is 35.7 Å². The van der Waals surface area contributed by atoms with Crippen LogP contribution in [0.15, 0.2) is 18.2 Å². The Kier molecular flexibility index (Phi) is 4.07. The van der Waals surface area contributed by atoms with Crippen molar-refractivity contribution in [2.75, 3.05) is 18.0 Å². The molecule has 7 heteroatoms. The van der Waals surface area contributed by atoms with Gasteiger partial charge in [0.15, 0.2) is 0 Å². The molecule has 1 fully saturated rings. The van der Waals surface area contributed by atoms with Gasteiger partial charge in [0, 0.05) is 24.3 Å². The summed E-state index contributed by atoms with van der Waals surface area (Å²) in [6.45, 7) is 3.71. The Balaban J connectivity index is 2.41. The van der Waals surface area contributed by atoms with Crippen LogP contribution in [-0.2, 0) is 9.59 Å². The highest BCUT2D eigenvalue weighted by Gasteiger charge is 2.45. The van der Waals surface area contributed by atoms with Crippen LogP contribution in [0.4, 0.5) is 11.4 Å². The van der Waals surface area contributed by atoms with Gasteiger partial charge in [-0.1, -0.05) is 6.07 Å². The molecule has 7 nitrogen and oxygen atoms in total. The fourth-order valence-electron chi connectivity index (χ4n) is 2.74. The minimum absolute atomic E-state index is 0.186. The van der Waals surface area contributed by atoms with Gasteiger partial charge in [0.2, 0.25) is 5.91 Å². The van der Waals surface area contributed by atoms with Crippen LogP contribution in [0.5, 0.6) is 0 Å². The number of hydrogen-bond donors (Lipinski definition) is 3. The molecule has 1 atom stereocenters. The summed E-state index contributed by atoms with van der Waals surface area (Å²) in [4.78, 5) is 37.9. The number of imide groups is 1. The van der Waals surface area contributed by atoms with E-state index in [1.807, 2.05) is 0 Å². The number of rotatable bonds is 3. The van der Waals surface area contributed by atoms with Crippen LogP contribution >= 0.6 is 0 Å². The maximum Gasteiger partial charge on any atom is 0.258 e. The molecule has 1 unspecified atom stereocenters. The highest BCUT2D eigenvalue weighted by atomic mass is 16.2. The lowest BCUT2D eigenvalue weighted by molar-refractivity contribution is -0.141. The van der Waals surface area contributed by atoms with E-state index in [1.165, 1.54) is 4.90 Å². The Hall–Kier alpha value is -2.57. The van der Waals surface area contributed by atoms with Gasteiger partial charge >= 0.3 is 0 Å². The molecule has 1 aliphatic rings. The first-order valence-electron chi connectivity index (χ1n) is 7.11. The maximum atomic E-state index is 12.9. The molecule has 1 aromatic carbocycles. The molecular formula is C15H20N4O3. The van der Waals surface area contributed by atoms with Crippen molar-refractivity contribution in [1.29, 1.82) is 0 Å². The van der Waals surface area contributed by atoms with Gasteiger partial charge in [0.05, 0.1) is 5.56 Å². The number of nitrogen functional groups attached to an aromatic ring is 2. The fourth-order valence-corrected chi connectivity index (χ4v) is 2.74. The van der Waals surface area contributed by atoms with Gasteiger partial charge in [-0.05, 0) is 32.4 Å². The Labute approximate surface area is 128 Å². The number of carbonyl (C=O) groups is 3. The lowest BCUT2D eigenvalue weighted by Crippen LogP contribution is -2.62. The molecule has 0 radical (unpaired) electrons. The van der Waals surface area contributed by atoms with E-state index in [9.17, 15) is 14.4 Å². The molecule has 0 spiro atoms. The van der Waals surface area contributed by atoms with E-state index in [2.05, 4.69) is 5.32 Å². The molecule has 1 aromatic rings. The van der Waals surface area contributed by atoms with Crippen LogP contribution < -0.4 is 16.8 Å². The summed E-state index contributed by atoms with van der Waals surface area (Å²) in [5.74, 6) is -1.22. The topological polar surface area (TPSA) is 119 Å². The van der Waals surface area contributed by atoms with Crippen molar-refractivity contribution < 1.29 is 14.4 Å².